The minimum Gasteiger partial charge on any atom is -0.246 e. The SMILES string of the molecule is Cc1cc(C)n(S(=O)(=O)c2ccc(F)c(F)c2)c1. The van der Waals surface area contributed by atoms with Crippen molar-refractivity contribution in [2.45, 2.75) is 18.7 Å². The number of aryl methyl sites for hydroxylation is 2. The minimum absolute atomic E-state index is 0.278. The fourth-order valence-electron chi connectivity index (χ4n) is 1.73. The van der Waals surface area contributed by atoms with E-state index in [1.807, 2.05) is 0 Å². The Kier molecular flexibility index (Phi) is 2.98. The van der Waals surface area contributed by atoms with Gasteiger partial charge in [0, 0.05) is 11.9 Å². The molecule has 18 heavy (non-hydrogen) atoms. The second kappa shape index (κ2) is 4.20. The molecule has 96 valence electrons. The van der Waals surface area contributed by atoms with E-state index in [0.717, 1.165) is 21.7 Å². The van der Waals surface area contributed by atoms with Crippen LogP contribution in [0.2, 0.25) is 0 Å². The van der Waals surface area contributed by atoms with E-state index >= 15 is 0 Å². The van der Waals surface area contributed by atoms with Gasteiger partial charge in [-0.05, 0) is 43.7 Å². The van der Waals surface area contributed by atoms with Gasteiger partial charge >= 0.3 is 0 Å². The molecule has 2 rings (SSSR count). The van der Waals surface area contributed by atoms with Crippen molar-refractivity contribution in [3.05, 3.63) is 53.4 Å². The van der Waals surface area contributed by atoms with E-state index < -0.39 is 21.7 Å². The molecule has 0 bridgehead atoms. The highest BCUT2D eigenvalue weighted by atomic mass is 32.2. The average molecular weight is 271 g/mol. The summed E-state index contributed by atoms with van der Waals surface area (Å²) >= 11 is 0. The first-order valence-corrected chi connectivity index (χ1v) is 6.62. The monoisotopic (exact) mass is 271 g/mol. The fraction of sp³-hybridized carbons (Fsp3) is 0.167. The summed E-state index contributed by atoms with van der Waals surface area (Å²) in [6, 6.07) is 4.22. The zero-order valence-electron chi connectivity index (χ0n) is 9.81. The molecule has 1 aromatic carbocycles. The Morgan fingerprint density at radius 3 is 2.22 bits per heavy atom. The molecule has 0 aliphatic carbocycles. The maximum absolute atomic E-state index is 13.1. The van der Waals surface area contributed by atoms with Crippen LogP contribution in [0.1, 0.15) is 11.3 Å². The number of rotatable bonds is 2. The number of hydrogen-bond donors (Lipinski definition) is 0. The molecule has 0 aliphatic heterocycles. The van der Waals surface area contributed by atoms with Crippen LogP contribution in [0.5, 0.6) is 0 Å². The lowest BCUT2D eigenvalue weighted by Crippen LogP contribution is -2.13. The minimum atomic E-state index is -3.88. The van der Waals surface area contributed by atoms with Gasteiger partial charge in [-0.1, -0.05) is 0 Å². The van der Waals surface area contributed by atoms with Gasteiger partial charge in [0.15, 0.2) is 11.6 Å². The average Bonchev–Trinajstić information content (AvgIpc) is 2.62. The topological polar surface area (TPSA) is 39.1 Å². The lowest BCUT2D eigenvalue weighted by molar-refractivity contribution is 0.504. The molecular weight excluding hydrogens is 260 g/mol. The lowest BCUT2D eigenvalue weighted by atomic mass is 10.3. The third kappa shape index (κ3) is 2.03. The van der Waals surface area contributed by atoms with E-state index in [0.29, 0.717) is 11.8 Å². The molecule has 0 atom stereocenters. The second-order valence-corrected chi connectivity index (χ2v) is 5.85. The molecule has 1 aromatic heterocycles. The van der Waals surface area contributed by atoms with Crippen LogP contribution >= 0.6 is 0 Å². The van der Waals surface area contributed by atoms with E-state index in [2.05, 4.69) is 0 Å². The predicted molar refractivity (Wildman–Crippen MR) is 62.8 cm³/mol. The summed E-state index contributed by atoms with van der Waals surface area (Å²) in [5.74, 6) is -2.26. The third-order valence-corrected chi connectivity index (χ3v) is 4.31. The van der Waals surface area contributed by atoms with E-state index in [1.165, 1.54) is 6.20 Å². The summed E-state index contributed by atoms with van der Waals surface area (Å²) < 4.78 is 51.3. The van der Waals surface area contributed by atoms with Crippen LogP contribution < -0.4 is 0 Å². The van der Waals surface area contributed by atoms with Crippen LogP contribution in [0, 0.1) is 25.5 Å². The van der Waals surface area contributed by atoms with E-state index in [4.69, 9.17) is 0 Å². The second-order valence-electron chi connectivity index (χ2n) is 4.04. The van der Waals surface area contributed by atoms with Gasteiger partial charge in [0.1, 0.15) is 0 Å². The molecule has 3 nitrogen and oxygen atoms in total. The maximum Gasteiger partial charge on any atom is 0.267 e. The Morgan fingerprint density at radius 2 is 1.72 bits per heavy atom. The van der Waals surface area contributed by atoms with Crippen molar-refractivity contribution in [3.63, 3.8) is 0 Å². The van der Waals surface area contributed by atoms with Crippen LogP contribution in [0.3, 0.4) is 0 Å². The van der Waals surface area contributed by atoms with E-state index in [9.17, 15) is 17.2 Å². The van der Waals surface area contributed by atoms with Crippen LogP contribution in [-0.4, -0.2) is 12.4 Å². The molecule has 1 heterocycles. The standard InChI is InChI=1S/C12H11F2NO2S/c1-8-5-9(2)15(7-8)18(16,17)10-3-4-11(13)12(14)6-10/h3-7H,1-2H3. The van der Waals surface area contributed by atoms with E-state index in [-0.39, 0.29) is 4.90 Å². The Morgan fingerprint density at radius 1 is 1.06 bits per heavy atom. The van der Waals surface area contributed by atoms with Crippen LogP contribution in [0.4, 0.5) is 8.78 Å². The van der Waals surface area contributed by atoms with Crippen molar-refractivity contribution in [2.75, 3.05) is 0 Å². The Balaban J connectivity index is 2.61. The molecule has 0 unspecified atom stereocenters. The summed E-state index contributed by atoms with van der Waals surface area (Å²) in [6.45, 7) is 3.38. The third-order valence-electron chi connectivity index (χ3n) is 2.55. The van der Waals surface area contributed by atoms with Crippen molar-refractivity contribution in [3.8, 4) is 0 Å². The first-order valence-electron chi connectivity index (χ1n) is 5.18. The van der Waals surface area contributed by atoms with Crippen molar-refractivity contribution in [2.24, 2.45) is 0 Å². The van der Waals surface area contributed by atoms with Crippen molar-refractivity contribution in [1.29, 1.82) is 0 Å². The summed E-state index contributed by atoms with van der Waals surface area (Å²) in [5.41, 5.74) is 1.29. The smallest absolute Gasteiger partial charge is 0.246 e. The molecule has 0 saturated carbocycles. The van der Waals surface area contributed by atoms with Crippen LogP contribution in [-0.2, 0) is 10.0 Å². The van der Waals surface area contributed by atoms with Gasteiger partial charge in [0.25, 0.3) is 10.0 Å². The molecule has 0 spiro atoms. The molecule has 0 aliphatic rings. The number of benzene rings is 1. The summed E-state index contributed by atoms with van der Waals surface area (Å²) in [7, 11) is -3.88. The van der Waals surface area contributed by atoms with Gasteiger partial charge in [-0.25, -0.2) is 21.2 Å². The highest BCUT2D eigenvalue weighted by Gasteiger charge is 2.20. The first-order chi connectivity index (χ1) is 8.32. The summed E-state index contributed by atoms with van der Waals surface area (Å²) in [5, 5.41) is 0. The number of hydrogen-bond acceptors (Lipinski definition) is 2. The summed E-state index contributed by atoms with van der Waals surface area (Å²) in [6.07, 6.45) is 1.44. The van der Waals surface area contributed by atoms with Crippen LogP contribution in [0.15, 0.2) is 35.4 Å². The fourth-order valence-corrected chi connectivity index (χ4v) is 3.18. The van der Waals surface area contributed by atoms with Crippen molar-refractivity contribution >= 4 is 10.0 Å². The molecular formula is C12H11F2NO2S. The molecule has 0 radical (unpaired) electrons. The van der Waals surface area contributed by atoms with Gasteiger partial charge in [-0.3, -0.25) is 0 Å². The van der Waals surface area contributed by atoms with Crippen molar-refractivity contribution < 1.29 is 17.2 Å². The quantitative estimate of drug-likeness (QED) is 0.842. The van der Waals surface area contributed by atoms with Gasteiger partial charge < -0.3 is 0 Å². The van der Waals surface area contributed by atoms with Gasteiger partial charge in [-0.2, -0.15) is 0 Å². The lowest BCUT2D eigenvalue weighted by Gasteiger charge is -2.08. The molecule has 0 saturated heterocycles. The Bertz CT molecular complexity index is 705. The molecule has 6 heteroatoms. The Hall–Kier alpha value is -1.69. The van der Waals surface area contributed by atoms with Gasteiger partial charge in [0.05, 0.1) is 4.90 Å². The predicted octanol–water partition coefficient (Wildman–Crippen LogP) is 2.62. The highest BCUT2D eigenvalue weighted by molar-refractivity contribution is 7.90. The zero-order chi connectivity index (χ0) is 13.5. The van der Waals surface area contributed by atoms with Crippen molar-refractivity contribution in [1.82, 2.24) is 3.97 Å². The highest BCUT2D eigenvalue weighted by Crippen LogP contribution is 2.19. The maximum atomic E-state index is 13.1. The van der Waals surface area contributed by atoms with Crippen LogP contribution in [0.25, 0.3) is 0 Å². The molecule has 2 aromatic rings. The zero-order valence-corrected chi connectivity index (χ0v) is 10.6. The summed E-state index contributed by atoms with van der Waals surface area (Å²) in [4.78, 5) is -0.278. The van der Waals surface area contributed by atoms with E-state index in [1.54, 1.807) is 19.9 Å². The number of aromatic nitrogens is 1. The number of halogens is 2. The van der Waals surface area contributed by atoms with Gasteiger partial charge in [-0.15, -0.1) is 0 Å². The molecule has 0 amide bonds. The van der Waals surface area contributed by atoms with Gasteiger partial charge in [0.2, 0.25) is 0 Å². The normalized spacial score (nSPS) is 11.8. The molecule has 0 N–H and O–H groups in total. The Labute approximate surface area is 104 Å². The molecule has 0 fully saturated rings. The first kappa shape index (κ1) is 12.8. The number of nitrogens with zero attached hydrogens (tertiary/aromatic N) is 1. The largest absolute Gasteiger partial charge is 0.267 e.